The van der Waals surface area contributed by atoms with Gasteiger partial charge >= 0.3 is 11.9 Å². The van der Waals surface area contributed by atoms with Crippen molar-refractivity contribution in [3.05, 3.63) is 91.9 Å². The van der Waals surface area contributed by atoms with Crippen molar-refractivity contribution in [1.29, 1.82) is 0 Å². The van der Waals surface area contributed by atoms with E-state index in [9.17, 15) is 9.59 Å². The molecule has 2 aromatic rings. The Morgan fingerprint density at radius 1 is 0.636 bits per heavy atom. The normalized spacial score (nSPS) is 33.0. The highest BCUT2D eigenvalue weighted by Crippen LogP contribution is 2.52. The number of halogens is 4. The molecule has 2 aromatic carbocycles. The molecule has 2 fully saturated rings. The summed E-state index contributed by atoms with van der Waals surface area (Å²) in [6.07, 6.45) is 5.03. The summed E-state index contributed by atoms with van der Waals surface area (Å²) in [5, 5.41) is 8.23. The lowest BCUT2D eigenvalue weighted by Crippen LogP contribution is -2.42. The number of carbonyl (C=O) groups excluding carboxylic acids is 2. The molecule has 2 N–H and O–H groups in total. The summed E-state index contributed by atoms with van der Waals surface area (Å²) < 4.78 is 31.6. The highest BCUT2D eigenvalue weighted by Gasteiger charge is 2.69. The van der Waals surface area contributed by atoms with E-state index in [0.717, 1.165) is 0 Å². The second-order valence-electron chi connectivity index (χ2n) is 10.2. The SMILES string of the molecule is COC(=O)[C@]1([C@@H]2C=C[C@@H](OC)O2)N[C@@H]1c1c(Cl)cccc1Cl.COC(=O)[C@]1([C@@H]2C=C[C@@H](OC)O2)N[C@@H]1c1c(Cl)cccc1Cl. The number of nitrogens with one attached hydrogen (secondary N) is 2. The summed E-state index contributed by atoms with van der Waals surface area (Å²) >= 11 is 25.0. The first-order valence-corrected chi connectivity index (χ1v) is 14.9. The van der Waals surface area contributed by atoms with Crippen molar-refractivity contribution in [2.45, 2.75) is 47.9 Å². The molecule has 0 aliphatic carbocycles. The number of carbonyl (C=O) groups is 2. The van der Waals surface area contributed by atoms with Gasteiger partial charge in [-0.1, -0.05) is 70.7 Å². The molecular formula is C30H30Cl4N2O8. The van der Waals surface area contributed by atoms with Gasteiger partial charge in [0.2, 0.25) is 0 Å². The fraction of sp³-hybridized carbons (Fsp3) is 0.400. The molecule has 0 unspecified atom stereocenters. The fourth-order valence-corrected chi connectivity index (χ4v) is 6.85. The quantitative estimate of drug-likeness (QED) is 0.223. The van der Waals surface area contributed by atoms with Crippen LogP contribution in [0.3, 0.4) is 0 Å². The van der Waals surface area contributed by atoms with Crippen LogP contribution in [0.4, 0.5) is 0 Å². The summed E-state index contributed by atoms with van der Waals surface area (Å²) in [4.78, 5) is 24.7. The van der Waals surface area contributed by atoms with Crippen LogP contribution < -0.4 is 10.6 Å². The van der Waals surface area contributed by atoms with Gasteiger partial charge in [-0.15, -0.1) is 0 Å². The van der Waals surface area contributed by atoms with E-state index in [1.165, 1.54) is 28.4 Å². The lowest BCUT2D eigenvalue weighted by molar-refractivity contribution is -0.154. The molecule has 14 heteroatoms. The van der Waals surface area contributed by atoms with Gasteiger partial charge in [0.15, 0.2) is 23.7 Å². The maximum absolute atomic E-state index is 12.4. The van der Waals surface area contributed by atoms with Gasteiger partial charge in [0.1, 0.15) is 12.2 Å². The van der Waals surface area contributed by atoms with Crippen molar-refractivity contribution < 1.29 is 38.0 Å². The minimum Gasteiger partial charge on any atom is -0.467 e. The van der Waals surface area contributed by atoms with E-state index in [1.807, 2.05) is 0 Å². The van der Waals surface area contributed by atoms with Crippen LogP contribution in [-0.2, 0) is 38.0 Å². The van der Waals surface area contributed by atoms with Gasteiger partial charge in [-0.3, -0.25) is 10.6 Å². The number of methoxy groups -OCH3 is 4. The zero-order valence-corrected chi connectivity index (χ0v) is 27.0. The fourth-order valence-electron chi connectivity index (χ4n) is 5.62. The third kappa shape index (κ3) is 5.78. The molecule has 2 saturated heterocycles. The lowest BCUT2D eigenvalue weighted by atomic mass is 9.93. The zero-order chi connectivity index (χ0) is 31.8. The van der Waals surface area contributed by atoms with Crippen LogP contribution >= 0.6 is 46.4 Å². The van der Waals surface area contributed by atoms with Gasteiger partial charge in [0.25, 0.3) is 0 Å². The molecule has 6 rings (SSSR count). The van der Waals surface area contributed by atoms with Crippen molar-refractivity contribution in [2.24, 2.45) is 0 Å². The van der Waals surface area contributed by atoms with E-state index in [1.54, 1.807) is 60.7 Å². The third-order valence-corrected chi connectivity index (χ3v) is 9.26. The third-order valence-electron chi connectivity index (χ3n) is 7.94. The lowest BCUT2D eigenvalue weighted by Gasteiger charge is -2.21. The highest BCUT2D eigenvalue weighted by atomic mass is 35.5. The van der Waals surface area contributed by atoms with Gasteiger partial charge in [-0.25, -0.2) is 9.59 Å². The van der Waals surface area contributed by atoms with E-state index >= 15 is 0 Å². The molecule has 0 spiro atoms. The molecule has 8 atom stereocenters. The Morgan fingerprint density at radius 3 is 1.25 bits per heavy atom. The van der Waals surface area contributed by atoms with Gasteiger partial charge in [-0.2, -0.15) is 0 Å². The average molecular weight is 688 g/mol. The molecule has 0 saturated carbocycles. The molecule has 44 heavy (non-hydrogen) atoms. The van der Waals surface area contributed by atoms with Crippen molar-refractivity contribution in [2.75, 3.05) is 28.4 Å². The van der Waals surface area contributed by atoms with E-state index < -0.39 is 47.8 Å². The first-order valence-electron chi connectivity index (χ1n) is 13.4. The first-order chi connectivity index (χ1) is 21.1. The molecule has 10 nitrogen and oxygen atoms in total. The molecule has 236 valence electrons. The van der Waals surface area contributed by atoms with Crippen LogP contribution in [0, 0.1) is 0 Å². The van der Waals surface area contributed by atoms with Gasteiger partial charge in [0, 0.05) is 45.4 Å². The largest absolute Gasteiger partial charge is 0.467 e. The van der Waals surface area contributed by atoms with Crippen molar-refractivity contribution in [3.8, 4) is 0 Å². The smallest absolute Gasteiger partial charge is 0.331 e. The van der Waals surface area contributed by atoms with E-state index in [0.29, 0.717) is 31.2 Å². The molecule has 0 amide bonds. The zero-order valence-electron chi connectivity index (χ0n) is 24.0. The van der Waals surface area contributed by atoms with Gasteiger partial charge in [-0.05, 0) is 36.4 Å². The van der Waals surface area contributed by atoms with Crippen molar-refractivity contribution in [1.82, 2.24) is 10.6 Å². The molecule has 4 heterocycles. The second kappa shape index (κ2) is 13.3. The summed E-state index contributed by atoms with van der Waals surface area (Å²) in [5.74, 6) is -0.861. The number of esters is 2. The Balaban J connectivity index is 0.000000175. The van der Waals surface area contributed by atoms with Gasteiger partial charge in [0.05, 0.1) is 26.3 Å². The highest BCUT2D eigenvalue weighted by molar-refractivity contribution is 6.37. The number of hydrogen-bond acceptors (Lipinski definition) is 10. The Morgan fingerprint density at radius 2 is 0.977 bits per heavy atom. The number of ether oxygens (including phenoxy) is 6. The number of benzene rings is 2. The van der Waals surface area contributed by atoms with Crippen LogP contribution in [0.1, 0.15) is 23.2 Å². The summed E-state index contributed by atoms with van der Waals surface area (Å²) in [6, 6.07) is 9.66. The Bertz CT molecular complexity index is 1340. The van der Waals surface area contributed by atoms with Crippen molar-refractivity contribution in [3.63, 3.8) is 0 Å². The maximum atomic E-state index is 12.4. The van der Waals surface area contributed by atoms with Crippen LogP contribution in [-0.4, -0.2) is 76.2 Å². The van der Waals surface area contributed by atoms with Crippen molar-refractivity contribution >= 4 is 58.3 Å². The van der Waals surface area contributed by atoms with Crippen LogP contribution in [0.15, 0.2) is 60.7 Å². The van der Waals surface area contributed by atoms with E-state index in [-0.39, 0.29) is 12.1 Å². The summed E-state index contributed by atoms with van der Waals surface area (Å²) in [7, 11) is 5.74. The molecule has 4 aliphatic heterocycles. The minimum atomic E-state index is -1.05. The Kier molecular flexibility index (Phi) is 9.99. The number of hydrogen-bond donors (Lipinski definition) is 2. The van der Waals surface area contributed by atoms with Crippen LogP contribution in [0.25, 0.3) is 0 Å². The molecule has 0 bridgehead atoms. The first kappa shape index (κ1) is 33.2. The van der Waals surface area contributed by atoms with E-state index in [4.69, 9.17) is 74.8 Å². The molecular weight excluding hydrogens is 658 g/mol. The summed E-state index contributed by atoms with van der Waals surface area (Å²) in [6.45, 7) is 0. The molecule has 0 aromatic heterocycles. The monoisotopic (exact) mass is 686 g/mol. The topological polar surface area (TPSA) is 133 Å². The Hall–Kier alpha value is -2.22. The summed E-state index contributed by atoms with van der Waals surface area (Å²) in [5.41, 5.74) is -0.774. The maximum Gasteiger partial charge on any atom is 0.331 e. The number of rotatable bonds is 8. The predicted molar refractivity (Wildman–Crippen MR) is 164 cm³/mol. The minimum absolute atomic E-state index is 0.383. The Labute approximate surface area is 274 Å². The van der Waals surface area contributed by atoms with Gasteiger partial charge < -0.3 is 28.4 Å². The van der Waals surface area contributed by atoms with Crippen LogP contribution in [0.5, 0.6) is 0 Å². The average Bonchev–Trinajstić information content (AvgIpc) is 3.78. The standard InChI is InChI=1S/2C15H15Cl2NO4/c2*1-20-11-7-6-10(22-11)15(14(19)21-2)13(18-15)12-8(16)4-3-5-9(12)17/h2*3-7,10-11,13,18H,1-2H3/t2*10-,11-,13+,15+/m00/s1. The molecule has 0 radical (unpaired) electrons. The molecule has 4 aliphatic rings. The second-order valence-corrected chi connectivity index (χ2v) is 11.9. The predicted octanol–water partition coefficient (Wildman–Crippen LogP) is 4.95. The van der Waals surface area contributed by atoms with Crippen LogP contribution in [0.2, 0.25) is 20.1 Å². The van der Waals surface area contributed by atoms with E-state index in [2.05, 4.69) is 10.6 Å².